The zero-order chi connectivity index (χ0) is 20.2. The lowest BCUT2D eigenvalue weighted by Crippen LogP contribution is -2.25. The number of aromatic nitrogens is 1. The fourth-order valence-electron chi connectivity index (χ4n) is 2.78. The molecule has 0 atom stereocenters. The zero-order valence-electron chi connectivity index (χ0n) is 15.3. The summed E-state index contributed by atoms with van der Waals surface area (Å²) >= 11 is 1.44. The number of amides is 1. The van der Waals surface area contributed by atoms with Crippen molar-refractivity contribution in [3.63, 3.8) is 0 Å². The van der Waals surface area contributed by atoms with Gasteiger partial charge in [0, 0.05) is 10.9 Å². The molecular weight excluding hydrogens is 391 g/mol. The Morgan fingerprint density at radius 3 is 2.90 bits per heavy atom. The summed E-state index contributed by atoms with van der Waals surface area (Å²) < 4.78 is 20.3. The lowest BCUT2D eigenvalue weighted by molar-refractivity contribution is -0.118. The number of anilines is 1. The highest BCUT2D eigenvalue weighted by atomic mass is 32.1. The van der Waals surface area contributed by atoms with E-state index < -0.39 is 0 Å². The number of carbonyl (C=O) groups excluding carboxylic acids is 1. The average molecular weight is 408 g/mol. The van der Waals surface area contributed by atoms with Gasteiger partial charge < -0.3 is 10.1 Å². The minimum absolute atomic E-state index is 0.0113. The molecule has 0 aliphatic carbocycles. The summed E-state index contributed by atoms with van der Waals surface area (Å²) in [7, 11) is 0. The van der Waals surface area contributed by atoms with Crippen molar-refractivity contribution in [2.45, 2.75) is 0 Å². The second-order valence-corrected chi connectivity index (χ2v) is 7.03. The van der Waals surface area contributed by atoms with Gasteiger partial charge in [0.25, 0.3) is 5.91 Å². The molecule has 146 valence electrons. The van der Waals surface area contributed by atoms with Crippen molar-refractivity contribution in [1.29, 1.82) is 0 Å². The van der Waals surface area contributed by atoms with Gasteiger partial charge in [0.05, 0.1) is 24.1 Å². The number of rotatable bonds is 5. The van der Waals surface area contributed by atoms with Crippen LogP contribution >= 0.6 is 11.3 Å². The number of hydrogen-bond donors (Lipinski definition) is 1. The van der Waals surface area contributed by atoms with Gasteiger partial charge in [-0.2, -0.15) is 5.10 Å². The topological polar surface area (TPSA) is 68.0 Å². The molecule has 0 saturated heterocycles. The summed E-state index contributed by atoms with van der Waals surface area (Å²) in [5.41, 5.74) is 3.03. The standard InChI is InChI=1S/C21H17FN4O2S/c1-2-9-23-21-26(24-11-14-3-6-16(22)7-4-14)18(13-29-21)15-5-8-19-17(10-15)25-20(27)12-28-19/h2-8,10-11,13H,1,9,12H2,(H,25,27). The Hall–Kier alpha value is -3.52. The van der Waals surface area contributed by atoms with Crippen LogP contribution in [0, 0.1) is 5.82 Å². The van der Waals surface area contributed by atoms with Crippen molar-refractivity contribution in [1.82, 2.24) is 4.68 Å². The molecule has 6 nitrogen and oxygen atoms in total. The van der Waals surface area contributed by atoms with E-state index in [1.165, 1.54) is 23.5 Å². The number of ether oxygens (including phenoxy) is 1. The van der Waals surface area contributed by atoms with Crippen molar-refractivity contribution in [3.05, 3.63) is 76.7 Å². The van der Waals surface area contributed by atoms with Crippen LogP contribution in [0.1, 0.15) is 5.56 Å². The number of carbonyl (C=O) groups is 1. The molecule has 0 radical (unpaired) electrons. The largest absolute Gasteiger partial charge is 0.482 e. The molecule has 1 N–H and O–H groups in total. The van der Waals surface area contributed by atoms with Crippen LogP contribution in [-0.4, -0.2) is 29.9 Å². The summed E-state index contributed by atoms with van der Waals surface area (Å²) in [5, 5.41) is 9.31. The molecular formula is C21H17FN4O2S. The second kappa shape index (κ2) is 8.24. The maximum absolute atomic E-state index is 13.1. The molecule has 1 amide bonds. The maximum atomic E-state index is 13.1. The van der Waals surface area contributed by atoms with Gasteiger partial charge in [-0.15, -0.1) is 17.9 Å². The summed E-state index contributed by atoms with van der Waals surface area (Å²) in [4.78, 5) is 16.8. The van der Waals surface area contributed by atoms with Gasteiger partial charge in [-0.3, -0.25) is 9.79 Å². The van der Waals surface area contributed by atoms with Crippen molar-refractivity contribution >= 4 is 29.1 Å². The van der Waals surface area contributed by atoms with Gasteiger partial charge in [0.15, 0.2) is 6.61 Å². The first kappa shape index (κ1) is 18.8. The number of nitrogens with zero attached hydrogens (tertiary/aromatic N) is 3. The minimum atomic E-state index is -0.300. The van der Waals surface area contributed by atoms with Crippen molar-refractivity contribution < 1.29 is 13.9 Å². The molecule has 1 aliphatic heterocycles. The van der Waals surface area contributed by atoms with Gasteiger partial charge in [0.1, 0.15) is 11.6 Å². The van der Waals surface area contributed by atoms with Crippen LogP contribution in [0.25, 0.3) is 11.3 Å². The molecule has 0 bridgehead atoms. The number of halogens is 1. The van der Waals surface area contributed by atoms with Crippen LogP contribution in [0.5, 0.6) is 5.75 Å². The fraction of sp³-hybridized carbons (Fsp3) is 0.0952. The Morgan fingerprint density at radius 1 is 1.28 bits per heavy atom. The minimum Gasteiger partial charge on any atom is -0.482 e. The molecule has 4 rings (SSSR count). The molecule has 8 heteroatoms. The molecule has 1 aromatic heterocycles. The lowest BCUT2D eigenvalue weighted by atomic mass is 10.1. The van der Waals surface area contributed by atoms with Crippen LogP contribution in [0.15, 0.2) is 70.6 Å². The first-order valence-corrected chi connectivity index (χ1v) is 9.71. The Labute approximate surface area is 170 Å². The van der Waals surface area contributed by atoms with Crippen LogP contribution in [-0.2, 0) is 4.79 Å². The van der Waals surface area contributed by atoms with Crippen LogP contribution < -0.4 is 14.9 Å². The Kier molecular flexibility index (Phi) is 5.35. The van der Waals surface area contributed by atoms with E-state index in [1.807, 2.05) is 23.6 Å². The highest BCUT2D eigenvalue weighted by Gasteiger charge is 2.17. The Balaban J connectivity index is 1.77. The van der Waals surface area contributed by atoms with E-state index in [0.717, 1.165) is 16.8 Å². The van der Waals surface area contributed by atoms with Crippen LogP contribution in [0.3, 0.4) is 0 Å². The quantitative estimate of drug-likeness (QED) is 0.517. The van der Waals surface area contributed by atoms with Crippen molar-refractivity contribution in [3.8, 4) is 17.0 Å². The molecule has 3 aromatic rings. The molecule has 2 aromatic carbocycles. The molecule has 2 heterocycles. The van der Waals surface area contributed by atoms with E-state index in [2.05, 4.69) is 22.0 Å². The Morgan fingerprint density at radius 2 is 2.10 bits per heavy atom. The van der Waals surface area contributed by atoms with E-state index in [-0.39, 0.29) is 18.3 Å². The monoisotopic (exact) mass is 408 g/mol. The average Bonchev–Trinajstić information content (AvgIpc) is 3.14. The number of hydrogen-bond acceptors (Lipinski definition) is 5. The van der Waals surface area contributed by atoms with Crippen molar-refractivity contribution in [2.75, 3.05) is 18.5 Å². The molecule has 0 spiro atoms. The van der Waals surface area contributed by atoms with Gasteiger partial charge in [0.2, 0.25) is 4.80 Å². The number of benzene rings is 2. The summed E-state index contributed by atoms with van der Waals surface area (Å²) in [5.74, 6) is 0.136. The van der Waals surface area contributed by atoms with E-state index >= 15 is 0 Å². The smallest absolute Gasteiger partial charge is 0.262 e. The third-order valence-corrected chi connectivity index (χ3v) is 5.00. The lowest BCUT2D eigenvalue weighted by Gasteiger charge is -2.18. The number of fused-ring (bicyclic) bond motifs is 1. The van der Waals surface area contributed by atoms with E-state index in [4.69, 9.17) is 4.74 Å². The highest BCUT2D eigenvalue weighted by molar-refractivity contribution is 7.07. The number of nitrogens with one attached hydrogen (secondary N) is 1. The first-order chi connectivity index (χ1) is 14.1. The second-order valence-electron chi connectivity index (χ2n) is 6.19. The normalized spacial score (nSPS) is 13.8. The van der Waals surface area contributed by atoms with Gasteiger partial charge in [-0.05, 0) is 35.9 Å². The summed E-state index contributed by atoms with van der Waals surface area (Å²) in [6, 6.07) is 11.6. The predicted octanol–water partition coefficient (Wildman–Crippen LogP) is 3.66. The van der Waals surface area contributed by atoms with Gasteiger partial charge >= 0.3 is 0 Å². The Bertz CT molecular complexity index is 1160. The fourth-order valence-corrected chi connectivity index (χ4v) is 3.62. The van der Waals surface area contributed by atoms with Crippen LogP contribution in [0.2, 0.25) is 0 Å². The first-order valence-electron chi connectivity index (χ1n) is 8.83. The third kappa shape index (κ3) is 4.17. The predicted molar refractivity (Wildman–Crippen MR) is 112 cm³/mol. The van der Waals surface area contributed by atoms with Gasteiger partial charge in [-0.25, -0.2) is 9.07 Å². The SMILES string of the molecule is C=CCN=c1scc(-c2ccc3c(c2)NC(=O)CO3)n1N=Cc1ccc(F)cc1. The summed E-state index contributed by atoms with van der Waals surface area (Å²) in [6.45, 7) is 4.17. The van der Waals surface area contributed by atoms with E-state index in [9.17, 15) is 9.18 Å². The third-order valence-electron chi connectivity index (χ3n) is 4.14. The van der Waals surface area contributed by atoms with E-state index in [1.54, 1.807) is 29.1 Å². The van der Waals surface area contributed by atoms with Crippen molar-refractivity contribution in [2.24, 2.45) is 10.1 Å². The zero-order valence-corrected chi connectivity index (χ0v) is 16.2. The van der Waals surface area contributed by atoms with E-state index in [0.29, 0.717) is 22.8 Å². The molecule has 0 fully saturated rings. The summed E-state index contributed by atoms with van der Waals surface area (Å²) in [6.07, 6.45) is 3.35. The number of thiazole rings is 1. The molecule has 0 saturated carbocycles. The highest BCUT2D eigenvalue weighted by Crippen LogP contribution is 2.32. The van der Waals surface area contributed by atoms with Gasteiger partial charge in [-0.1, -0.05) is 18.2 Å². The molecule has 0 unspecified atom stereocenters. The molecule has 1 aliphatic rings. The van der Waals surface area contributed by atoms with Crippen LogP contribution in [0.4, 0.5) is 10.1 Å². The maximum Gasteiger partial charge on any atom is 0.262 e. The molecule has 29 heavy (non-hydrogen) atoms.